The number of nitrogens with one attached hydrogen (secondary N) is 1. The SMILES string of the molecule is O=C(NCC1CCCO1)N1CC(n2cc(C3CC3)nn2)C1. The zero-order valence-corrected chi connectivity index (χ0v) is 12.1. The lowest BCUT2D eigenvalue weighted by atomic mass is 10.1. The van der Waals surface area contributed by atoms with E-state index in [2.05, 4.69) is 15.6 Å². The molecule has 1 saturated carbocycles. The first-order chi connectivity index (χ1) is 10.3. The molecule has 0 spiro atoms. The van der Waals surface area contributed by atoms with Crippen molar-refractivity contribution in [1.29, 1.82) is 0 Å². The molecule has 21 heavy (non-hydrogen) atoms. The predicted octanol–water partition coefficient (Wildman–Crippen LogP) is 0.901. The van der Waals surface area contributed by atoms with Crippen LogP contribution < -0.4 is 5.32 Å². The molecule has 114 valence electrons. The second-order valence-corrected chi connectivity index (χ2v) is 6.28. The standard InChI is InChI=1S/C14H21N5O2/c20-14(15-6-12-2-1-5-21-12)18-7-11(8-18)19-9-13(16-17-19)10-3-4-10/h9-12H,1-8H2,(H,15,20). The summed E-state index contributed by atoms with van der Waals surface area (Å²) in [5, 5.41) is 11.4. The number of nitrogens with zero attached hydrogens (tertiary/aromatic N) is 4. The van der Waals surface area contributed by atoms with Gasteiger partial charge in [-0.1, -0.05) is 5.21 Å². The molecule has 0 bridgehead atoms. The van der Waals surface area contributed by atoms with Crippen LogP contribution in [0.15, 0.2) is 6.20 Å². The molecule has 4 rings (SSSR count). The lowest BCUT2D eigenvalue weighted by Crippen LogP contribution is -2.55. The number of carbonyl (C=O) groups is 1. The number of aromatic nitrogens is 3. The molecule has 3 aliphatic rings. The van der Waals surface area contributed by atoms with Crippen molar-refractivity contribution in [2.24, 2.45) is 0 Å². The minimum atomic E-state index is 0.00396. The Labute approximate surface area is 123 Å². The summed E-state index contributed by atoms with van der Waals surface area (Å²) in [6.07, 6.45) is 6.86. The number of hydrogen-bond donors (Lipinski definition) is 1. The Kier molecular flexibility index (Phi) is 3.29. The lowest BCUT2D eigenvalue weighted by Gasteiger charge is -2.38. The van der Waals surface area contributed by atoms with Gasteiger partial charge in [-0.05, 0) is 25.7 Å². The number of rotatable bonds is 4. The van der Waals surface area contributed by atoms with Gasteiger partial charge in [0.15, 0.2) is 0 Å². The van der Waals surface area contributed by atoms with Crippen LogP contribution in [-0.4, -0.2) is 58.3 Å². The average molecular weight is 291 g/mol. The molecule has 1 aliphatic carbocycles. The first kappa shape index (κ1) is 13.1. The van der Waals surface area contributed by atoms with Gasteiger partial charge < -0.3 is 15.0 Å². The smallest absolute Gasteiger partial charge is 0.317 e. The van der Waals surface area contributed by atoms with Crippen molar-refractivity contribution in [2.45, 2.75) is 43.7 Å². The molecule has 0 aromatic carbocycles. The van der Waals surface area contributed by atoms with Gasteiger partial charge in [0.05, 0.1) is 17.8 Å². The van der Waals surface area contributed by atoms with Crippen LogP contribution in [0, 0.1) is 0 Å². The summed E-state index contributed by atoms with van der Waals surface area (Å²) < 4.78 is 7.41. The highest BCUT2D eigenvalue weighted by atomic mass is 16.5. The van der Waals surface area contributed by atoms with Gasteiger partial charge in [-0.15, -0.1) is 5.10 Å². The number of amides is 2. The van der Waals surface area contributed by atoms with Gasteiger partial charge in [0.1, 0.15) is 0 Å². The molecule has 2 saturated heterocycles. The largest absolute Gasteiger partial charge is 0.376 e. The maximum atomic E-state index is 12.0. The van der Waals surface area contributed by atoms with Crippen LogP contribution in [0.3, 0.4) is 0 Å². The van der Waals surface area contributed by atoms with Gasteiger partial charge >= 0.3 is 6.03 Å². The number of ether oxygens (including phenoxy) is 1. The van der Waals surface area contributed by atoms with E-state index in [1.54, 1.807) is 0 Å². The van der Waals surface area contributed by atoms with E-state index in [-0.39, 0.29) is 18.2 Å². The summed E-state index contributed by atoms with van der Waals surface area (Å²) in [6, 6.07) is 0.280. The van der Waals surface area contributed by atoms with Crippen LogP contribution in [0.25, 0.3) is 0 Å². The molecular formula is C14H21N5O2. The molecule has 2 aliphatic heterocycles. The van der Waals surface area contributed by atoms with Crippen LogP contribution in [0.5, 0.6) is 0 Å². The Hall–Kier alpha value is -1.63. The quantitative estimate of drug-likeness (QED) is 0.894. The zero-order chi connectivity index (χ0) is 14.2. The van der Waals surface area contributed by atoms with E-state index in [4.69, 9.17) is 4.74 Å². The molecule has 3 fully saturated rings. The van der Waals surface area contributed by atoms with Gasteiger partial charge in [-0.25, -0.2) is 9.48 Å². The minimum Gasteiger partial charge on any atom is -0.376 e. The summed E-state index contributed by atoms with van der Waals surface area (Å²) in [7, 11) is 0. The van der Waals surface area contributed by atoms with Gasteiger partial charge in [0.25, 0.3) is 0 Å². The van der Waals surface area contributed by atoms with Gasteiger partial charge in [0.2, 0.25) is 0 Å². The molecule has 1 aromatic rings. The molecule has 7 nitrogen and oxygen atoms in total. The van der Waals surface area contributed by atoms with Crippen molar-refractivity contribution in [3.8, 4) is 0 Å². The van der Waals surface area contributed by atoms with E-state index in [1.165, 1.54) is 12.8 Å². The molecule has 2 amide bonds. The normalized spacial score (nSPS) is 25.9. The van der Waals surface area contributed by atoms with Crippen molar-refractivity contribution >= 4 is 6.03 Å². The third kappa shape index (κ3) is 2.74. The zero-order valence-electron chi connectivity index (χ0n) is 12.1. The summed E-state index contributed by atoms with van der Waals surface area (Å²) in [4.78, 5) is 13.8. The number of urea groups is 1. The maximum absolute atomic E-state index is 12.0. The third-order valence-corrected chi connectivity index (χ3v) is 4.55. The predicted molar refractivity (Wildman–Crippen MR) is 75.0 cm³/mol. The van der Waals surface area contributed by atoms with E-state index >= 15 is 0 Å². The monoisotopic (exact) mass is 291 g/mol. The second kappa shape index (κ2) is 5.29. The Morgan fingerprint density at radius 2 is 2.24 bits per heavy atom. The third-order valence-electron chi connectivity index (χ3n) is 4.55. The highest BCUT2D eigenvalue weighted by molar-refractivity contribution is 5.75. The fraction of sp³-hybridized carbons (Fsp3) is 0.786. The van der Waals surface area contributed by atoms with Crippen molar-refractivity contribution in [3.05, 3.63) is 11.9 Å². The van der Waals surface area contributed by atoms with Gasteiger partial charge in [-0.2, -0.15) is 0 Å². The molecular weight excluding hydrogens is 270 g/mol. The molecule has 1 N–H and O–H groups in total. The molecule has 3 heterocycles. The second-order valence-electron chi connectivity index (χ2n) is 6.28. The summed E-state index contributed by atoms with van der Waals surface area (Å²) in [5.74, 6) is 0.629. The molecule has 1 atom stereocenters. The van der Waals surface area contributed by atoms with E-state index in [1.807, 2.05) is 15.8 Å². The van der Waals surface area contributed by atoms with E-state index in [0.717, 1.165) is 25.1 Å². The van der Waals surface area contributed by atoms with Crippen molar-refractivity contribution in [2.75, 3.05) is 26.2 Å². The molecule has 7 heteroatoms. The molecule has 0 radical (unpaired) electrons. The Bertz CT molecular complexity index is 515. The highest BCUT2D eigenvalue weighted by Gasteiger charge is 2.34. The van der Waals surface area contributed by atoms with Gasteiger partial charge in [0, 0.05) is 38.4 Å². The Morgan fingerprint density at radius 1 is 1.38 bits per heavy atom. The summed E-state index contributed by atoms with van der Waals surface area (Å²) in [6.45, 7) is 2.87. The van der Waals surface area contributed by atoms with Crippen molar-refractivity contribution < 1.29 is 9.53 Å². The fourth-order valence-corrected chi connectivity index (χ4v) is 2.94. The van der Waals surface area contributed by atoms with Crippen LogP contribution >= 0.6 is 0 Å². The van der Waals surface area contributed by atoms with Crippen LogP contribution in [0.4, 0.5) is 4.79 Å². The maximum Gasteiger partial charge on any atom is 0.317 e. The summed E-state index contributed by atoms with van der Waals surface area (Å²) in [5.41, 5.74) is 1.11. The van der Waals surface area contributed by atoms with Gasteiger partial charge in [-0.3, -0.25) is 0 Å². The van der Waals surface area contributed by atoms with E-state index < -0.39 is 0 Å². The lowest BCUT2D eigenvalue weighted by molar-refractivity contribution is 0.0961. The molecule has 1 aromatic heterocycles. The van der Waals surface area contributed by atoms with E-state index in [9.17, 15) is 4.79 Å². The number of likely N-dealkylation sites (tertiary alicyclic amines) is 1. The van der Waals surface area contributed by atoms with Crippen LogP contribution in [0.2, 0.25) is 0 Å². The Morgan fingerprint density at radius 3 is 2.95 bits per heavy atom. The number of hydrogen-bond acceptors (Lipinski definition) is 4. The van der Waals surface area contributed by atoms with Crippen molar-refractivity contribution in [1.82, 2.24) is 25.2 Å². The van der Waals surface area contributed by atoms with E-state index in [0.29, 0.717) is 25.6 Å². The first-order valence-corrected chi connectivity index (χ1v) is 7.85. The topological polar surface area (TPSA) is 72.3 Å². The highest BCUT2D eigenvalue weighted by Crippen LogP contribution is 2.39. The minimum absolute atomic E-state index is 0.00396. The first-order valence-electron chi connectivity index (χ1n) is 7.85. The van der Waals surface area contributed by atoms with Crippen molar-refractivity contribution in [3.63, 3.8) is 0 Å². The van der Waals surface area contributed by atoms with Crippen LogP contribution in [0.1, 0.15) is 43.3 Å². The summed E-state index contributed by atoms with van der Waals surface area (Å²) >= 11 is 0. The Balaban J connectivity index is 1.23. The molecule has 1 unspecified atom stereocenters. The van der Waals surface area contributed by atoms with Crippen LogP contribution in [-0.2, 0) is 4.74 Å². The fourth-order valence-electron chi connectivity index (χ4n) is 2.94. The number of carbonyl (C=O) groups excluding carboxylic acids is 1. The average Bonchev–Trinajstić information content (AvgIpc) is 2.97.